The number of aromatic nitrogens is 4. The van der Waals surface area contributed by atoms with E-state index < -0.39 is 0 Å². The summed E-state index contributed by atoms with van der Waals surface area (Å²) in [5, 5.41) is 3.12. The molecule has 1 amide bonds. The maximum atomic E-state index is 12.4. The first-order valence-corrected chi connectivity index (χ1v) is 10.9. The van der Waals surface area contributed by atoms with Crippen LogP contribution in [0.2, 0.25) is 0 Å². The molecule has 1 saturated heterocycles. The molecule has 0 aromatic carbocycles. The molecule has 0 bridgehead atoms. The predicted molar refractivity (Wildman–Crippen MR) is 117 cm³/mol. The van der Waals surface area contributed by atoms with Gasteiger partial charge in [0, 0.05) is 42.7 Å². The highest BCUT2D eigenvalue weighted by Gasteiger charge is 2.23. The van der Waals surface area contributed by atoms with Crippen molar-refractivity contribution in [1.82, 2.24) is 25.3 Å². The number of H-pyrrole nitrogens is 1. The van der Waals surface area contributed by atoms with Crippen molar-refractivity contribution in [1.29, 1.82) is 0 Å². The van der Waals surface area contributed by atoms with Crippen molar-refractivity contribution in [2.75, 3.05) is 18.0 Å². The molecule has 2 N–H and O–H groups in total. The van der Waals surface area contributed by atoms with E-state index in [4.69, 9.17) is 0 Å². The van der Waals surface area contributed by atoms with E-state index in [1.165, 1.54) is 17.4 Å². The molecule has 1 fully saturated rings. The molecule has 156 valence electrons. The zero-order valence-corrected chi connectivity index (χ0v) is 17.8. The number of carbonyl (C=O) groups excluding carboxylic acids is 1. The second kappa shape index (κ2) is 8.74. The molecule has 0 saturated carbocycles. The number of hydrogen-bond donors (Lipinski definition) is 2. The van der Waals surface area contributed by atoms with Gasteiger partial charge in [0.15, 0.2) is 0 Å². The Hall–Kier alpha value is -3.07. The molecule has 8 nitrogen and oxygen atoms in total. The quantitative estimate of drug-likeness (QED) is 0.652. The van der Waals surface area contributed by atoms with Crippen molar-refractivity contribution in [3.05, 3.63) is 56.5 Å². The van der Waals surface area contributed by atoms with Crippen molar-refractivity contribution in [2.45, 2.75) is 39.2 Å². The smallest absolute Gasteiger partial charge is 0.263 e. The van der Waals surface area contributed by atoms with Crippen LogP contribution in [-0.4, -0.2) is 45.0 Å². The van der Waals surface area contributed by atoms with Gasteiger partial charge >= 0.3 is 0 Å². The summed E-state index contributed by atoms with van der Waals surface area (Å²) >= 11 is 1.38. The number of pyridine rings is 1. The van der Waals surface area contributed by atoms with E-state index in [2.05, 4.69) is 30.2 Å². The fourth-order valence-corrected chi connectivity index (χ4v) is 4.27. The lowest BCUT2D eigenvalue weighted by Crippen LogP contribution is -2.44. The van der Waals surface area contributed by atoms with Gasteiger partial charge in [-0.05, 0) is 38.3 Å². The van der Waals surface area contributed by atoms with E-state index in [0.717, 1.165) is 48.7 Å². The number of amides is 1. The van der Waals surface area contributed by atoms with Crippen molar-refractivity contribution < 1.29 is 4.79 Å². The summed E-state index contributed by atoms with van der Waals surface area (Å²) in [6.45, 7) is 5.46. The fraction of sp³-hybridized carbons (Fsp3) is 0.381. The van der Waals surface area contributed by atoms with E-state index in [0.29, 0.717) is 17.1 Å². The van der Waals surface area contributed by atoms with Crippen LogP contribution in [0.1, 0.15) is 40.8 Å². The van der Waals surface area contributed by atoms with Crippen LogP contribution in [0.25, 0.3) is 11.4 Å². The van der Waals surface area contributed by atoms with Crippen molar-refractivity contribution in [3.8, 4) is 11.4 Å². The van der Waals surface area contributed by atoms with E-state index in [1.54, 1.807) is 11.7 Å². The van der Waals surface area contributed by atoms with Gasteiger partial charge in [-0.2, -0.15) is 0 Å². The number of aryl methyl sites for hydroxylation is 2. The van der Waals surface area contributed by atoms with Crippen LogP contribution in [0.5, 0.6) is 0 Å². The molecule has 3 aromatic heterocycles. The van der Waals surface area contributed by atoms with E-state index in [1.807, 2.05) is 26.0 Å². The molecule has 4 heterocycles. The summed E-state index contributed by atoms with van der Waals surface area (Å²) in [7, 11) is 0. The Morgan fingerprint density at radius 2 is 2.10 bits per heavy atom. The van der Waals surface area contributed by atoms with Crippen LogP contribution < -0.4 is 15.8 Å². The van der Waals surface area contributed by atoms with E-state index in [-0.39, 0.29) is 17.5 Å². The molecule has 0 radical (unpaired) electrons. The first kappa shape index (κ1) is 20.2. The third-order valence-corrected chi connectivity index (χ3v) is 6.21. The van der Waals surface area contributed by atoms with Crippen molar-refractivity contribution in [3.63, 3.8) is 0 Å². The zero-order chi connectivity index (χ0) is 21.1. The molecule has 0 spiro atoms. The Morgan fingerprint density at radius 3 is 2.73 bits per heavy atom. The second-order valence-corrected chi connectivity index (χ2v) is 8.20. The SMILES string of the molecule is CCc1cc(=O)[nH]c(-c2ccc(N3CCC(NC(=O)c4scnc4C)CC3)nc2)n1. The number of rotatable bonds is 5. The number of carbonyl (C=O) groups is 1. The molecular weight excluding hydrogens is 400 g/mol. The highest BCUT2D eigenvalue weighted by Crippen LogP contribution is 2.21. The minimum Gasteiger partial charge on any atom is -0.356 e. The maximum Gasteiger partial charge on any atom is 0.263 e. The molecule has 3 aromatic rings. The fourth-order valence-electron chi connectivity index (χ4n) is 3.56. The van der Waals surface area contributed by atoms with Crippen molar-refractivity contribution in [2.24, 2.45) is 0 Å². The largest absolute Gasteiger partial charge is 0.356 e. The van der Waals surface area contributed by atoms with Gasteiger partial charge in [0.1, 0.15) is 16.5 Å². The predicted octanol–water partition coefficient (Wildman–Crippen LogP) is 2.56. The van der Waals surface area contributed by atoms with Crippen LogP contribution in [0.3, 0.4) is 0 Å². The standard InChI is InChI=1S/C21H24N6O2S/c1-3-15-10-18(28)26-20(24-15)14-4-5-17(22-11-14)27-8-6-16(7-9-27)25-21(29)19-13(2)23-12-30-19/h4-5,10-12,16H,3,6-9H2,1-2H3,(H,25,29)(H,24,26,28). The first-order chi connectivity index (χ1) is 14.5. The first-order valence-electron chi connectivity index (χ1n) is 10.1. The van der Waals surface area contributed by atoms with Crippen LogP contribution >= 0.6 is 11.3 Å². The van der Waals surface area contributed by atoms with Gasteiger partial charge < -0.3 is 15.2 Å². The summed E-state index contributed by atoms with van der Waals surface area (Å²) in [6, 6.07) is 5.55. The number of piperidine rings is 1. The van der Waals surface area contributed by atoms with Gasteiger partial charge in [-0.15, -0.1) is 11.3 Å². The number of nitrogens with one attached hydrogen (secondary N) is 2. The molecule has 9 heteroatoms. The Kier molecular flexibility index (Phi) is 5.89. The molecule has 30 heavy (non-hydrogen) atoms. The Bertz CT molecular complexity index is 1080. The van der Waals surface area contributed by atoms with Crippen LogP contribution in [0, 0.1) is 6.92 Å². The summed E-state index contributed by atoms with van der Waals surface area (Å²) < 4.78 is 0. The number of nitrogens with zero attached hydrogens (tertiary/aromatic N) is 4. The van der Waals surface area contributed by atoms with E-state index >= 15 is 0 Å². The third-order valence-electron chi connectivity index (χ3n) is 5.28. The summed E-state index contributed by atoms with van der Waals surface area (Å²) in [5.74, 6) is 1.39. The van der Waals surface area contributed by atoms with Gasteiger partial charge in [0.05, 0.1) is 11.2 Å². The number of aromatic amines is 1. The molecular formula is C21H24N6O2S. The Labute approximate surface area is 178 Å². The van der Waals surface area contributed by atoms with Crippen LogP contribution in [0.4, 0.5) is 5.82 Å². The lowest BCUT2D eigenvalue weighted by Gasteiger charge is -2.33. The molecule has 0 unspecified atom stereocenters. The lowest BCUT2D eigenvalue weighted by atomic mass is 10.0. The van der Waals surface area contributed by atoms with Gasteiger partial charge in [0.25, 0.3) is 11.5 Å². The number of hydrogen-bond acceptors (Lipinski definition) is 7. The molecule has 1 aliphatic heterocycles. The Balaban J connectivity index is 1.37. The highest BCUT2D eigenvalue weighted by molar-refractivity contribution is 7.11. The zero-order valence-electron chi connectivity index (χ0n) is 17.0. The molecule has 0 atom stereocenters. The minimum absolute atomic E-state index is 0.0354. The van der Waals surface area contributed by atoms with Crippen molar-refractivity contribution >= 4 is 23.1 Å². The minimum atomic E-state index is -0.154. The summed E-state index contributed by atoms with van der Waals surface area (Å²) in [6.07, 6.45) is 4.17. The molecule has 0 aliphatic carbocycles. The topological polar surface area (TPSA) is 104 Å². The lowest BCUT2D eigenvalue weighted by molar-refractivity contribution is 0.0934. The van der Waals surface area contributed by atoms with Gasteiger partial charge in [-0.3, -0.25) is 9.59 Å². The van der Waals surface area contributed by atoms with Gasteiger partial charge in [-0.25, -0.2) is 15.0 Å². The van der Waals surface area contributed by atoms with Gasteiger partial charge in [0.2, 0.25) is 0 Å². The van der Waals surface area contributed by atoms with E-state index in [9.17, 15) is 9.59 Å². The second-order valence-electron chi connectivity index (χ2n) is 7.35. The summed E-state index contributed by atoms with van der Waals surface area (Å²) in [5.41, 5.74) is 3.87. The Morgan fingerprint density at radius 1 is 1.30 bits per heavy atom. The number of thiazole rings is 1. The summed E-state index contributed by atoms with van der Waals surface area (Å²) in [4.78, 5) is 43.1. The number of anilines is 1. The maximum absolute atomic E-state index is 12.4. The third kappa shape index (κ3) is 4.40. The normalized spacial score (nSPS) is 14.7. The van der Waals surface area contributed by atoms with Crippen LogP contribution in [0.15, 0.2) is 34.7 Å². The van der Waals surface area contributed by atoms with Crippen LogP contribution in [-0.2, 0) is 6.42 Å². The average Bonchev–Trinajstić information content (AvgIpc) is 3.20. The molecule has 4 rings (SSSR count). The average molecular weight is 425 g/mol. The highest BCUT2D eigenvalue weighted by atomic mass is 32.1. The van der Waals surface area contributed by atoms with Gasteiger partial charge in [-0.1, -0.05) is 6.92 Å². The molecule has 1 aliphatic rings. The monoisotopic (exact) mass is 424 g/mol.